The zero-order valence-corrected chi connectivity index (χ0v) is 10.9. The third-order valence-corrected chi connectivity index (χ3v) is 3.82. The Hall–Kier alpha value is -1.40. The van der Waals surface area contributed by atoms with Gasteiger partial charge < -0.3 is 10.0 Å². The van der Waals surface area contributed by atoms with Gasteiger partial charge in [0.05, 0.1) is 11.4 Å². The molecule has 0 saturated carbocycles. The van der Waals surface area contributed by atoms with Gasteiger partial charge in [-0.1, -0.05) is 6.07 Å². The highest BCUT2D eigenvalue weighted by atomic mass is 32.1. The van der Waals surface area contributed by atoms with Gasteiger partial charge in [0.25, 0.3) is 5.91 Å². The molecule has 1 amide bonds. The second kappa shape index (κ2) is 5.97. The smallest absolute Gasteiger partial charge is 0.317 e. The van der Waals surface area contributed by atoms with Crippen molar-refractivity contribution in [2.24, 2.45) is 0 Å². The lowest BCUT2D eigenvalue weighted by atomic mass is 10.3. The van der Waals surface area contributed by atoms with Gasteiger partial charge in [-0.05, 0) is 17.9 Å². The van der Waals surface area contributed by atoms with E-state index in [0.717, 1.165) is 17.8 Å². The molecule has 1 saturated heterocycles. The first-order valence-electron chi connectivity index (χ1n) is 5.94. The minimum atomic E-state index is -0.812. The summed E-state index contributed by atoms with van der Waals surface area (Å²) in [7, 11) is 0. The molecule has 0 spiro atoms. The van der Waals surface area contributed by atoms with Gasteiger partial charge in [-0.2, -0.15) is 0 Å². The summed E-state index contributed by atoms with van der Waals surface area (Å²) in [5.74, 6) is -0.754. The lowest BCUT2D eigenvalue weighted by Gasteiger charge is -2.20. The number of hydrogen-bond acceptors (Lipinski definition) is 4. The normalized spacial score (nSPS) is 17.4. The average Bonchev–Trinajstić information content (AvgIpc) is 2.76. The Balaban J connectivity index is 1.93. The summed E-state index contributed by atoms with van der Waals surface area (Å²) in [4.78, 5) is 27.2. The van der Waals surface area contributed by atoms with Crippen molar-refractivity contribution in [2.45, 2.75) is 6.42 Å². The van der Waals surface area contributed by atoms with Crippen LogP contribution in [0.5, 0.6) is 0 Å². The number of aliphatic carboxylic acids is 1. The lowest BCUT2D eigenvalue weighted by Crippen LogP contribution is -2.36. The fourth-order valence-electron chi connectivity index (χ4n) is 2.08. The molecule has 1 aromatic heterocycles. The monoisotopic (exact) mass is 268 g/mol. The van der Waals surface area contributed by atoms with Crippen molar-refractivity contribution >= 4 is 23.2 Å². The van der Waals surface area contributed by atoms with Crippen LogP contribution in [-0.2, 0) is 4.79 Å². The summed E-state index contributed by atoms with van der Waals surface area (Å²) in [6.45, 7) is 2.72. The fraction of sp³-hybridized carbons (Fsp3) is 0.500. The standard InChI is InChI=1S/C12H16N2O3S/c15-11(16)9-13-4-2-5-14(7-6-13)12(17)10-3-1-8-18-10/h1,3,8H,2,4-7,9H2,(H,15,16). The van der Waals surface area contributed by atoms with Crippen LogP contribution >= 0.6 is 11.3 Å². The molecule has 0 atom stereocenters. The molecule has 0 bridgehead atoms. The molecule has 2 rings (SSSR count). The van der Waals surface area contributed by atoms with Crippen LogP contribution in [0, 0.1) is 0 Å². The summed E-state index contributed by atoms with van der Waals surface area (Å²) >= 11 is 1.44. The fourth-order valence-corrected chi connectivity index (χ4v) is 2.77. The molecular formula is C12H16N2O3S. The number of hydrogen-bond donors (Lipinski definition) is 1. The molecule has 1 aromatic rings. The van der Waals surface area contributed by atoms with E-state index in [4.69, 9.17) is 5.11 Å². The van der Waals surface area contributed by atoms with E-state index >= 15 is 0 Å². The molecule has 0 aromatic carbocycles. The number of thiophene rings is 1. The van der Waals surface area contributed by atoms with Crippen molar-refractivity contribution < 1.29 is 14.7 Å². The van der Waals surface area contributed by atoms with Gasteiger partial charge in [-0.3, -0.25) is 14.5 Å². The minimum Gasteiger partial charge on any atom is -0.480 e. The van der Waals surface area contributed by atoms with Crippen molar-refractivity contribution in [3.63, 3.8) is 0 Å². The van der Waals surface area contributed by atoms with E-state index in [0.29, 0.717) is 19.6 Å². The first-order chi connectivity index (χ1) is 8.66. The molecule has 1 aliphatic rings. The second-order valence-electron chi connectivity index (χ2n) is 4.29. The Labute approximate surface area is 110 Å². The number of carboxylic acid groups (broad SMARTS) is 1. The maximum atomic E-state index is 12.1. The van der Waals surface area contributed by atoms with Gasteiger partial charge in [-0.25, -0.2) is 0 Å². The van der Waals surface area contributed by atoms with Crippen molar-refractivity contribution in [2.75, 3.05) is 32.7 Å². The van der Waals surface area contributed by atoms with Crippen LogP contribution in [-0.4, -0.2) is 59.5 Å². The third-order valence-electron chi connectivity index (χ3n) is 2.97. The van der Waals surface area contributed by atoms with Crippen molar-refractivity contribution in [1.29, 1.82) is 0 Å². The van der Waals surface area contributed by atoms with E-state index in [1.807, 2.05) is 27.3 Å². The van der Waals surface area contributed by atoms with Gasteiger partial charge in [0.2, 0.25) is 0 Å². The van der Waals surface area contributed by atoms with E-state index in [-0.39, 0.29) is 12.5 Å². The Bertz CT molecular complexity index is 419. The van der Waals surface area contributed by atoms with Crippen LogP contribution in [0.2, 0.25) is 0 Å². The number of carbonyl (C=O) groups excluding carboxylic acids is 1. The predicted molar refractivity (Wildman–Crippen MR) is 68.9 cm³/mol. The first-order valence-corrected chi connectivity index (χ1v) is 6.81. The maximum absolute atomic E-state index is 12.1. The van der Waals surface area contributed by atoms with Crippen LogP contribution in [0.3, 0.4) is 0 Å². The highest BCUT2D eigenvalue weighted by molar-refractivity contribution is 7.12. The Morgan fingerprint density at radius 1 is 1.28 bits per heavy atom. The highest BCUT2D eigenvalue weighted by Gasteiger charge is 2.21. The Morgan fingerprint density at radius 2 is 2.11 bits per heavy atom. The summed E-state index contributed by atoms with van der Waals surface area (Å²) in [5.41, 5.74) is 0. The van der Waals surface area contributed by atoms with Crippen molar-refractivity contribution in [3.05, 3.63) is 22.4 Å². The number of rotatable bonds is 3. The third kappa shape index (κ3) is 3.30. The molecule has 0 unspecified atom stereocenters. The van der Waals surface area contributed by atoms with Crippen LogP contribution < -0.4 is 0 Å². The quantitative estimate of drug-likeness (QED) is 0.887. The number of amides is 1. The Kier molecular flexibility index (Phi) is 4.33. The maximum Gasteiger partial charge on any atom is 0.317 e. The molecule has 1 fully saturated rings. The van der Waals surface area contributed by atoms with E-state index in [2.05, 4.69) is 0 Å². The number of nitrogens with zero attached hydrogens (tertiary/aromatic N) is 2. The van der Waals surface area contributed by atoms with E-state index in [1.54, 1.807) is 0 Å². The van der Waals surface area contributed by atoms with Crippen LogP contribution in [0.1, 0.15) is 16.1 Å². The van der Waals surface area contributed by atoms with E-state index < -0.39 is 5.97 Å². The highest BCUT2D eigenvalue weighted by Crippen LogP contribution is 2.13. The van der Waals surface area contributed by atoms with Gasteiger partial charge in [0.15, 0.2) is 0 Å². The molecule has 5 nitrogen and oxygen atoms in total. The molecule has 1 N–H and O–H groups in total. The Morgan fingerprint density at radius 3 is 2.78 bits per heavy atom. The largest absolute Gasteiger partial charge is 0.480 e. The van der Waals surface area contributed by atoms with Gasteiger partial charge >= 0.3 is 5.97 Å². The molecular weight excluding hydrogens is 252 g/mol. The summed E-state index contributed by atoms with van der Waals surface area (Å²) in [6.07, 6.45) is 0.824. The van der Waals surface area contributed by atoms with E-state index in [9.17, 15) is 9.59 Å². The van der Waals surface area contributed by atoms with Crippen LogP contribution in [0.25, 0.3) is 0 Å². The summed E-state index contributed by atoms with van der Waals surface area (Å²) in [6, 6.07) is 3.69. The minimum absolute atomic E-state index is 0.0566. The SMILES string of the molecule is O=C(O)CN1CCCN(C(=O)c2cccs2)CC1. The van der Waals surface area contributed by atoms with Crippen LogP contribution in [0.4, 0.5) is 0 Å². The van der Waals surface area contributed by atoms with Gasteiger partial charge in [0.1, 0.15) is 0 Å². The second-order valence-corrected chi connectivity index (χ2v) is 5.24. The van der Waals surface area contributed by atoms with Gasteiger partial charge in [0, 0.05) is 26.2 Å². The van der Waals surface area contributed by atoms with Crippen molar-refractivity contribution in [1.82, 2.24) is 9.80 Å². The van der Waals surface area contributed by atoms with Gasteiger partial charge in [-0.15, -0.1) is 11.3 Å². The topological polar surface area (TPSA) is 60.9 Å². The molecule has 2 heterocycles. The average molecular weight is 268 g/mol. The summed E-state index contributed by atoms with van der Waals surface area (Å²) in [5, 5.41) is 10.7. The molecule has 0 radical (unpaired) electrons. The van der Waals surface area contributed by atoms with E-state index in [1.165, 1.54) is 11.3 Å². The molecule has 18 heavy (non-hydrogen) atoms. The molecule has 0 aliphatic carbocycles. The van der Waals surface area contributed by atoms with Crippen LogP contribution in [0.15, 0.2) is 17.5 Å². The zero-order chi connectivity index (χ0) is 13.0. The molecule has 6 heteroatoms. The summed E-state index contributed by atoms with van der Waals surface area (Å²) < 4.78 is 0. The number of carbonyl (C=O) groups is 2. The molecule has 98 valence electrons. The lowest BCUT2D eigenvalue weighted by molar-refractivity contribution is -0.138. The number of carboxylic acids is 1. The van der Waals surface area contributed by atoms with Crippen molar-refractivity contribution in [3.8, 4) is 0 Å². The zero-order valence-electron chi connectivity index (χ0n) is 10.0. The molecule has 1 aliphatic heterocycles. The first kappa shape index (κ1) is 13.0. The predicted octanol–water partition coefficient (Wildman–Crippen LogP) is 0.981.